The van der Waals surface area contributed by atoms with Gasteiger partial charge in [0.25, 0.3) is 5.16 Å². The Hall–Kier alpha value is -2.49. The number of hydrogen-bond donors (Lipinski definition) is 1. The summed E-state index contributed by atoms with van der Waals surface area (Å²) in [5.74, 6) is -0.155. The van der Waals surface area contributed by atoms with Crippen LogP contribution in [-0.2, 0) is 7.05 Å². The van der Waals surface area contributed by atoms with Crippen LogP contribution < -0.4 is 0 Å². The first-order chi connectivity index (χ1) is 9.15. The van der Waals surface area contributed by atoms with E-state index in [1.165, 1.54) is 24.3 Å². The molecule has 10 heteroatoms. The van der Waals surface area contributed by atoms with Crippen molar-refractivity contribution in [1.29, 1.82) is 0 Å². The fourth-order valence-corrected chi connectivity index (χ4v) is 2.44. The van der Waals surface area contributed by atoms with Gasteiger partial charge in [-0.05, 0) is 16.7 Å². The second-order valence-electron chi connectivity index (χ2n) is 3.64. The Labute approximate surface area is 110 Å². The van der Waals surface area contributed by atoms with Gasteiger partial charge in [0.1, 0.15) is 23.1 Å². The van der Waals surface area contributed by atoms with E-state index in [0.29, 0.717) is 15.8 Å². The molecule has 3 rings (SSSR count). The third kappa shape index (κ3) is 2.01. The number of hydrogen-bond acceptors (Lipinski definition) is 7. The molecule has 3 aromatic rings. The van der Waals surface area contributed by atoms with Crippen LogP contribution in [0.5, 0.6) is 0 Å². The molecule has 0 saturated carbocycles. The molecule has 1 N–H and O–H groups in total. The van der Waals surface area contributed by atoms with Crippen LogP contribution in [0.3, 0.4) is 0 Å². The van der Waals surface area contributed by atoms with Crippen molar-refractivity contribution in [2.24, 2.45) is 7.05 Å². The molecule has 0 aliphatic carbocycles. The number of aromatic nitrogens is 6. The second-order valence-corrected chi connectivity index (χ2v) is 4.62. The van der Waals surface area contributed by atoms with E-state index < -0.39 is 4.92 Å². The van der Waals surface area contributed by atoms with E-state index in [2.05, 4.69) is 24.9 Å². The van der Waals surface area contributed by atoms with E-state index in [1.54, 1.807) is 10.9 Å². The van der Waals surface area contributed by atoms with Gasteiger partial charge < -0.3 is 14.7 Å². The van der Waals surface area contributed by atoms with Gasteiger partial charge in [0.05, 0.1) is 6.33 Å². The van der Waals surface area contributed by atoms with E-state index in [9.17, 15) is 10.1 Å². The molecular weight excluding hydrogens is 270 g/mol. The smallest absolute Gasteiger partial charge is 0.341 e. The van der Waals surface area contributed by atoms with Gasteiger partial charge in [-0.15, -0.1) is 0 Å². The van der Waals surface area contributed by atoms with Crippen LogP contribution in [0.2, 0.25) is 0 Å². The van der Waals surface area contributed by atoms with Crippen LogP contribution in [-0.4, -0.2) is 34.4 Å². The van der Waals surface area contributed by atoms with Crippen molar-refractivity contribution in [3.8, 4) is 0 Å². The molecule has 0 amide bonds. The first kappa shape index (κ1) is 11.6. The Morgan fingerprint density at radius 3 is 2.95 bits per heavy atom. The van der Waals surface area contributed by atoms with Gasteiger partial charge in [-0.3, -0.25) is 0 Å². The molecule has 0 bridgehead atoms. The third-order valence-corrected chi connectivity index (χ3v) is 3.30. The minimum Gasteiger partial charge on any atom is -0.358 e. The zero-order valence-electron chi connectivity index (χ0n) is 9.64. The molecule has 96 valence electrons. The Kier molecular flexibility index (Phi) is 2.63. The van der Waals surface area contributed by atoms with Gasteiger partial charge in [-0.25, -0.2) is 24.9 Å². The van der Waals surface area contributed by atoms with E-state index in [4.69, 9.17) is 0 Å². The molecule has 19 heavy (non-hydrogen) atoms. The summed E-state index contributed by atoms with van der Waals surface area (Å²) < 4.78 is 1.79. The number of H-pyrrole nitrogens is 1. The summed E-state index contributed by atoms with van der Waals surface area (Å²) in [6, 6.07) is 0. The summed E-state index contributed by atoms with van der Waals surface area (Å²) in [5, 5.41) is 11.6. The van der Waals surface area contributed by atoms with Crippen molar-refractivity contribution in [2.45, 2.75) is 10.2 Å². The average molecular weight is 277 g/mol. The van der Waals surface area contributed by atoms with Crippen LogP contribution in [0.15, 0.2) is 29.0 Å². The number of fused-ring (bicyclic) bond motifs is 1. The van der Waals surface area contributed by atoms with E-state index in [0.717, 1.165) is 5.52 Å². The lowest BCUT2D eigenvalue weighted by atomic mass is 10.5. The minimum atomic E-state index is -0.531. The van der Waals surface area contributed by atoms with Crippen LogP contribution in [0, 0.1) is 10.1 Å². The number of aryl methyl sites for hydroxylation is 1. The first-order valence-corrected chi connectivity index (χ1v) is 5.96. The van der Waals surface area contributed by atoms with Gasteiger partial charge in [-0.1, -0.05) is 0 Å². The molecule has 0 spiro atoms. The maximum atomic E-state index is 10.6. The van der Waals surface area contributed by atoms with E-state index in [1.807, 2.05) is 7.05 Å². The van der Waals surface area contributed by atoms with Crippen LogP contribution >= 0.6 is 11.8 Å². The maximum Gasteiger partial charge on any atom is 0.341 e. The fourth-order valence-electron chi connectivity index (χ4n) is 1.56. The molecule has 0 saturated heterocycles. The Bertz CT molecular complexity index is 765. The Morgan fingerprint density at radius 2 is 2.21 bits per heavy atom. The molecular formula is C9H7N7O2S. The Morgan fingerprint density at radius 1 is 1.37 bits per heavy atom. The molecule has 3 heterocycles. The lowest BCUT2D eigenvalue weighted by molar-refractivity contribution is -0.389. The number of aromatic amines is 1. The van der Waals surface area contributed by atoms with E-state index in [-0.39, 0.29) is 5.82 Å². The van der Waals surface area contributed by atoms with E-state index >= 15 is 0 Å². The van der Waals surface area contributed by atoms with Crippen molar-refractivity contribution in [3.05, 3.63) is 29.0 Å². The van der Waals surface area contributed by atoms with Gasteiger partial charge >= 0.3 is 5.82 Å². The monoisotopic (exact) mass is 277 g/mol. The summed E-state index contributed by atoms with van der Waals surface area (Å²) in [4.78, 5) is 28.9. The number of imidazole rings is 2. The van der Waals surface area contributed by atoms with Crippen LogP contribution in [0.4, 0.5) is 5.82 Å². The Balaban J connectivity index is 2.00. The highest BCUT2D eigenvalue weighted by Gasteiger charge is 2.15. The quantitative estimate of drug-likeness (QED) is 0.433. The second kappa shape index (κ2) is 4.31. The molecule has 3 aromatic heterocycles. The molecule has 0 aliphatic rings. The topological polar surface area (TPSA) is 115 Å². The van der Waals surface area contributed by atoms with Crippen molar-refractivity contribution in [1.82, 2.24) is 29.5 Å². The summed E-state index contributed by atoms with van der Waals surface area (Å²) in [6.45, 7) is 0. The van der Waals surface area contributed by atoms with Crippen molar-refractivity contribution in [2.75, 3.05) is 0 Å². The molecule has 9 nitrogen and oxygen atoms in total. The van der Waals surface area contributed by atoms with Gasteiger partial charge in [0.15, 0.2) is 5.65 Å². The lowest BCUT2D eigenvalue weighted by Gasteiger charge is -1.99. The van der Waals surface area contributed by atoms with Crippen LogP contribution in [0.1, 0.15) is 0 Å². The summed E-state index contributed by atoms with van der Waals surface area (Å²) in [7, 11) is 1.83. The molecule has 0 aliphatic heterocycles. The highest BCUT2D eigenvalue weighted by atomic mass is 32.2. The standard InChI is InChI=1S/C9H7N7O2S/c1-15-4-13-7-6(15)8(12-3-11-7)19-9-10-2-5(14-9)16(17)18/h2-4H,1H3,(H,10,14). The molecule has 0 atom stereocenters. The van der Waals surface area contributed by atoms with Gasteiger partial charge in [0.2, 0.25) is 0 Å². The maximum absolute atomic E-state index is 10.6. The highest BCUT2D eigenvalue weighted by molar-refractivity contribution is 7.99. The predicted molar refractivity (Wildman–Crippen MR) is 65.7 cm³/mol. The van der Waals surface area contributed by atoms with Crippen molar-refractivity contribution < 1.29 is 4.92 Å². The molecule has 0 unspecified atom stereocenters. The number of rotatable bonds is 3. The van der Waals surface area contributed by atoms with Crippen molar-refractivity contribution in [3.63, 3.8) is 0 Å². The summed E-state index contributed by atoms with van der Waals surface area (Å²) in [6.07, 6.45) is 4.20. The average Bonchev–Trinajstić information content (AvgIpc) is 2.98. The molecule has 0 fully saturated rings. The van der Waals surface area contributed by atoms with Gasteiger partial charge in [-0.2, -0.15) is 0 Å². The highest BCUT2D eigenvalue weighted by Crippen LogP contribution is 2.29. The normalized spacial score (nSPS) is 11.0. The number of nitrogens with zero attached hydrogens (tertiary/aromatic N) is 6. The fraction of sp³-hybridized carbons (Fsp3) is 0.111. The van der Waals surface area contributed by atoms with Crippen molar-refractivity contribution >= 4 is 28.7 Å². The summed E-state index contributed by atoms with van der Waals surface area (Å²) in [5.41, 5.74) is 1.33. The first-order valence-electron chi connectivity index (χ1n) is 5.14. The van der Waals surface area contributed by atoms with Crippen LogP contribution in [0.25, 0.3) is 11.2 Å². The number of nitrogens with one attached hydrogen (secondary N) is 1. The summed E-state index contributed by atoms with van der Waals surface area (Å²) >= 11 is 1.19. The lowest BCUT2D eigenvalue weighted by Crippen LogP contribution is -1.92. The predicted octanol–water partition coefficient (Wildman–Crippen LogP) is 1.15. The zero-order chi connectivity index (χ0) is 13.4. The largest absolute Gasteiger partial charge is 0.358 e. The van der Waals surface area contributed by atoms with Gasteiger partial charge in [0, 0.05) is 7.05 Å². The third-order valence-electron chi connectivity index (χ3n) is 2.40. The minimum absolute atomic E-state index is 0.155. The molecule has 0 radical (unpaired) electrons. The molecule has 0 aromatic carbocycles. The number of nitro groups is 1. The zero-order valence-corrected chi connectivity index (χ0v) is 10.5. The SMILES string of the molecule is Cn1cnc2ncnc(Sc3ncc([N+](=O)[O-])[nH]3)c21.